The van der Waals surface area contributed by atoms with Crippen molar-refractivity contribution in [2.45, 2.75) is 6.54 Å². The first-order valence-corrected chi connectivity index (χ1v) is 5.80. The van der Waals surface area contributed by atoms with Crippen LogP contribution in [0.1, 0.15) is 5.56 Å². The SMILES string of the molecule is C#CCNCC(=O)Nc1ccccc1CN(C)C. The van der Waals surface area contributed by atoms with Gasteiger partial charge in [-0.15, -0.1) is 6.42 Å². The standard InChI is InChI=1S/C14H19N3O/c1-4-9-15-10-14(18)16-13-8-6-5-7-12(13)11-17(2)3/h1,5-8,15H,9-11H2,2-3H3,(H,16,18). The van der Waals surface area contributed by atoms with Gasteiger partial charge in [-0.2, -0.15) is 0 Å². The minimum absolute atomic E-state index is 0.0866. The number of hydrogen-bond acceptors (Lipinski definition) is 3. The van der Waals surface area contributed by atoms with E-state index in [1.807, 2.05) is 38.4 Å². The van der Waals surface area contributed by atoms with E-state index in [0.717, 1.165) is 17.8 Å². The van der Waals surface area contributed by atoms with Crippen molar-refractivity contribution in [3.8, 4) is 12.3 Å². The summed E-state index contributed by atoms with van der Waals surface area (Å²) in [7, 11) is 3.99. The second kappa shape index (κ2) is 7.49. The van der Waals surface area contributed by atoms with Gasteiger partial charge in [0.25, 0.3) is 0 Å². The van der Waals surface area contributed by atoms with Crippen LogP contribution in [-0.4, -0.2) is 38.0 Å². The Balaban J connectivity index is 2.60. The van der Waals surface area contributed by atoms with Crippen molar-refractivity contribution >= 4 is 11.6 Å². The number of hydrogen-bond donors (Lipinski definition) is 2. The molecule has 1 amide bonds. The van der Waals surface area contributed by atoms with E-state index in [2.05, 4.69) is 21.5 Å². The van der Waals surface area contributed by atoms with Crippen LogP contribution in [0.2, 0.25) is 0 Å². The second-order valence-electron chi connectivity index (χ2n) is 4.25. The minimum atomic E-state index is -0.0866. The fourth-order valence-corrected chi connectivity index (χ4v) is 1.56. The Morgan fingerprint density at radius 2 is 2.11 bits per heavy atom. The molecule has 1 aromatic rings. The highest BCUT2D eigenvalue weighted by Gasteiger charge is 2.06. The molecule has 2 N–H and O–H groups in total. The molecule has 0 radical (unpaired) electrons. The number of terminal acetylenes is 1. The zero-order valence-electron chi connectivity index (χ0n) is 10.9. The topological polar surface area (TPSA) is 44.4 Å². The van der Waals surface area contributed by atoms with Crippen molar-refractivity contribution < 1.29 is 4.79 Å². The van der Waals surface area contributed by atoms with Crippen LogP contribution < -0.4 is 10.6 Å². The van der Waals surface area contributed by atoms with Gasteiger partial charge in [0.05, 0.1) is 13.1 Å². The van der Waals surface area contributed by atoms with Crippen molar-refractivity contribution in [2.75, 3.05) is 32.5 Å². The summed E-state index contributed by atoms with van der Waals surface area (Å²) in [6, 6.07) is 7.77. The molecule has 1 aromatic carbocycles. The smallest absolute Gasteiger partial charge is 0.238 e. The van der Waals surface area contributed by atoms with E-state index in [-0.39, 0.29) is 12.5 Å². The van der Waals surface area contributed by atoms with E-state index in [0.29, 0.717) is 6.54 Å². The van der Waals surface area contributed by atoms with Gasteiger partial charge in [0.1, 0.15) is 0 Å². The Kier molecular flexibility index (Phi) is 5.92. The number of para-hydroxylation sites is 1. The van der Waals surface area contributed by atoms with Crippen molar-refractivity contribution in [3.63, 3.8) is 0 Å². The average molecular weight is 245 g/mol. The molecule has 0 saturated carbocycles. The molecular formula is C14H19N3O. The summed E-state index contributed by atoms with van der Waals surface area (Å²) in [6.45, 7) is 1.40. The van der Waals surface area contributed by atoms with Crippen LogP contribution >= 0.6 is 0 Å². The lowest BCUT2D eigenvalue weighted by atomic mass is 10.1. The monoisotopic (exact) mass is 245 g/mol. The molecule has 0 unspecified atom stereocenters. The van der Waals surface area contributed by atoms with Gasteiger partial charge in [0.2, 0.25) is 5.91 Å². The van der Waals surface area contributed by atoms with Gasteiger partial charge >= 0.3 is 0 Å². The summed E-state index contributed by atoms with van der Waals surface area (Å²) < 4.78 is 0. The summed E-state index contributed by atoms with van der Waals surface area (Å²) in [6.07, 6.45) is 5.10. The summed E-state index contributed by atoms with van der Waals surface area (Å²) >= 11 is 0. The first-order chi connectivity index (χ1) is 8.63. The number of nitrogens with zero attached hydrogens (tertiary/aromatic N) is 1. The fraction of sp³-hybridized carbons (Fsp3) is 0.357. The predicted molar refractivity (Wildman–Crippen MR) is 74.2 cm³/mol. The zero-order valence-corrected chi connectivity index (χ0v) is 10.9. The number of rotatable bonds is 6. The average Bonchev–Trinajstić information content (AvgIpc) is 2.31. The number of nitrogens with one attached hydrogen (secondary N) is 2. The molecule has 0 heterocycles. The Morgan fingerprint density at radius 1 is 1.39 bits per heavy atom. The highest BCUT2D eigenvalue weighted by atomic mass is 16.1. The van der Waals surface area contributed by atoms with E-state index >= 15 is 0 Å². The number of anilines is 1. The molecule has 0 bridgehead atoms. The van der Waals surface area contributed by atoms with Crippen LogP contribution in [0.5, 0.6) is 0 Å². The second-order valence-corrected chi connectivity index (χ2v) is 4.25. The molecule has 0 spiro atoms. The van der Waals surface area contributed by atoms with Gasteiger partial charge in [0, 0.05) is 12.2 Å². The van der Waals surface area contributed by atoms with Crippen molar-refractivity contribution in [1.29, 1.82) is 0 Å². The molecule has 0 atom stereocenters. The third-order valence-corrected chi connectivity index (χ3v) is 2.29. The molecule has 0 aliphatic rings. The van der Waals surface area contributed by atoms with Gasteiger partial charge < -0.3 is 10.2 Å². The van der Waals surface area contributed by atoms with Crippen LogP contribution in [0.4, 0.5) is 5.69 Å². The first-order valence-electron chi connectivity index (χ1n) is 5.80. The minimum Gasteiger partial charge on any atom is -0.325 e. The summed E-state index contributed by atoms with van der Waals surface area (Å²) in [5, 5.41) is 5.73. The predicted octanol–water partition coefficient (Wildman–Crippen LogP) is 0.909. The van der Waals surface area contributed by atoms with E-state index < -0.39 is 0 Å². The Hall–Kier alpha value is -1.83. The van der Waals surface area contributed by atoms with Crippen LogP contribution in [0.25, 0.3) is 0 Å². The maximum Gasteiger partial charge on any atom is 0.238 e. The normalized spacial score (nSPS) is 10.1. The molecule has 4 heteroatoms. The molecule has 0 fully saturated rings. The lowest BCUT2D eigenvalue weighted by molar-refractivity contribution is -0.115. The maximum atomic E-state index is 11.7. The van der Waals surface area contributed by atoms with Crippen LogP contribution in [0.3, 0.4) is 0 Å². The highest BCUT2D eigenvalue weighted by molar-refractivity contribution is 5.92. The molecule has 4 nitrogen and oxygen atoms in total. The molecule has 0 saturated heterocycles. The Bertz CT molecular complexity index is 435. The van der Waals surface area contributed by atoms with E-state index in [1.54, 1.807) is 0 Å². The van der Waals surface area contributed by atoms with Crippen molar-refractivity contribution in [3.05, 3.63) is 29.8 Å². The van der Waals surface area contributed by atoms with Gasteiger partial charge in [-0.3, -0.25) is 10.1 Å². The van der Waals surface area contributed by atoms with E-state index in [9.17, 15) is 4.79 Å². The third-order valence-electron chi connectivity index (χ3n) is 2.29. The maximum absolute atomic E-state index is 11.7. The molecule has 0 aliphatic heterocycles. The molecular weight excluding hydrogens is 226 g/mol. The van der Waals surface area contributed by atoms with Gasteiger partial charge in [-0.05, 0) is 25.7 Å². The summed E-state index contributed by atoms with van der Waals surface area (Å²) in [5.74, 6) is 2.34. The number of benzene rings is 1. The molecule has 96 valence electrons. The van der Waals surface area contributed by atoms with Crippen LogP contribution in [0, 0.1) is 12.3 Å². The van der Waals surface area contributed by atoms with Crippen LogP contribution in [-0.2, 0) is 11.3 Å². The van der Waals surface area contributed by atoms with E-state index in [1.165, 1.54) is 0 Å². The number of carbonyl (C=O) groups excluding carboxylic acids is 1. The fourth-order valence-electron chi connectivity index (χ4n) is 1.56. The molecule has 18 heavy (non-hydrogen) atoms. The molecule has 0 aromatic heterocycles. The third kappa shape index (κ3) is 5.00. The largest absolute Gasteiger partial charge is 0.325 e. The van der Waals surface area contributed by atoms with Gasteiger partial charge in [-0.1, -0.05) is 24.1 Å². The number of carbonyl (C=O) groups is 1. The quantitative estimate of drug-likeness (QED) is 0.578. The van der Waals surface area contributed by atoms with E-state index in [4.69, 9.17) is 6.42 Å². The molecule has 0 aliphatic carbocycles. The number of amides is 1. The van der Waals surface area contributed by atoms with Gasteiger partial charge in [0.15, 0.2) is 0 Å². The van der Waals surface area contributed by atoms with Crippen LogP contribution in [0.15, 0.2) is 24.3 Å². The highest BCUT2D eigenvalue weighted by Crippen LogP contribution is 2.15. The van der Waals surface area contributed by atoms with Crippen molar-refractivity contribution in [1.82, 2.24) is 10.2 Å². The Morgan fingerprint density at radius 3 is 2.78 bits per heavy atom. The lowest BCUT2D eigenvalue weighted by Gasteiger charge is -2.14. The first kappa shape index (κ1) is 14.2. The zero-order chi connectivity index (χ0) is 13.4. The van der Waals surface area contributed by atoms with Crippen molar-refractivity contribution in [2.24, 2.45) is 0 Å². The van der Waals surface area contributed by atoms with Gasteiger partial charge in [-0.25, -0.2) is 0 Å². The lowest BCUT2D eigenvalue weighted by Crippen LogP contribution is -2.28. The molecule has 1 rings (SSSR count). The summed E-state index contributed by atoms with van der Waals surface area (Å²) in [4.78, 5) is 13.7. The Labute approximate surface area is 108 Å². The summed E-state index contributed by atoms with van der Waals surface area (Å²) in [5.41, 5.74) is 1.94.